The maximum Gasteiger partial charge on any atom is 0.323 e. The van der Waals surface area contributed by atoms with Crippen LogP contribution in [0.3, 0.4) is 0 Å². The van der Waals surface area contributed by atoms with E-state index in [1.165, 1.54) is 54.6 Å². The van der Waals surface area contributed by atoms with Gasteiger partial charge < -0.3 is 10.6 Å². The molecule has 0 aliphatic heterocycles. The van der Waals surface area contributed by atoms with Crippen molar-refractivity contribution in [3.63, 3.8) is 0 Å². The first-order valence-electron chi connectivity index (χ1n) is 8.73. The molecule has 0 atom stereocenters. The Morgan fingerprint density at radius 2 is 1.55 bits per heavy atom. The molecule has 0 fully saturated rings. The van der Waals surface area contributed by atoms with Gasteiger partial charge in [0.1, 0.15) is 5.69 Å². The summed E-state index contributed by atoms with van der Waals surface area (Å²) >= 11 is 0. The summed E-state index contributed by atoms with van der Waals surface area (Å²) in [7, 11) is -3.96. The van der Waals surface area contributed by atoms with E-state index >= 15 is 0 Å². The molecule has 0 aliphatic carbocycles. The lowest BCUT2D eigenvalue weighted by atomic mass is 10.2. The average Bonchev–Trinajstić information content (AvgIpc) is 2.75. The van der Waals surface area contributed by atoms with E-state index in [1.54, 1.807) is 18.2 Å². The van der Waals surface area contributed by atoms with Crippen molar-refractivity contribution < 1.29 is 18.1 Å². The average molecular weight is 437 g/mol. The SMILES string of the molecule is N#Cc1ccc(NS(=O)(=O)c2ccccc2)c(NC(=O)Nc2ccccc2[N+](=O)[O-])c1. The Labute approximate surface area is 177 Å². The third-order valence-electron chi connectivity index (χ3n) is 4.04. The summed E-state index contributed by atoms with van der Waals surface area (Å²) in [6, 6.07) is 18.2. The van der Waals surface area contributed by atoms with Gasteiger partial charge in [-0.2, -0.15) is 5.26 Å². The van der Waals surface area contributed by atoms with E-state index < -0.39 is 21.0 Å². The predicted molar refractivity (Wildman–Crippen MR) is 114 cm³/mol. The van der Waals surface area contributed by atoms with Crippen LogP contribution in [0.1, 0.15) is 5.56 Å². The lowest BCUT2D eigenvalue weighted by molar-refractivity contribution is -0.383. The van der Waals surface area contributed by atoms with Crippen molar-refractivity contribution >= 4 is 38.8 Å². The molecule has 3 aromatic rings. The maximum atomic E-state index is 12.6. The van der Waals surface area contributed by atoms with Crippen molar-refractivity contribution in [2.75, 3.05) is 15.4 Å². The van der Waals surface area contributed by atoms with Gasteiger partial charge in [-0.05, 0) is 36.4 Å². The number of nitrogens with one attached hydrogen (secondary N) is 3. The van der Waals surface area contributed by atoms with Crippen molar-refractivity contribution in [1.29, 1.82) is 5.26 Å². The van der Waals surface area contributed by atoms with E-state index in [4.69, 9.17) is 5.26 Å². The van der Waals surface area contributed by atoms with Crippen LogP contribution in [0.4, 0.5) is 27.5 Å². The van der Waals surface area contributed by atoms with E-state index in [9.17, 15) is 23.3 Å². The molecule has 3 rings (SSSR count). The Morgan fingerprint density at radius 3 is 2.23 bits per heavy atom. The first kappa shape index (κ1) is 21.3. The van der Waals surface area contributed by atoms with E-state index in [0.29, 0.717) is 0 Å². The summed E-state index contributed by atoms with van der Waals surface area (Å²) in [5, 5.41) is 25.0. The predicted octanol–water partition coefficient (Wildman–Crippen LogP) is 3.91. The van der Waals surface area contributed by atoms with Crippen LogP contribution in [0.2, 0.25) is 0 Å². The Morgan fingerprint density at radius 1 is 0.903 bits per heavy atom. The first-order valence-corrected chi connectivity index (χ1v) is 10.2. The zero-order valence-corrected chi connectivity index (χ0v) is 16.6. The number of nitrogens with zero attached hydrogens (tertiary/aromatic N) is 2. The summed E-state index contributed by atoms with van der Waals surface area (Å²) in [5.74, 6) is 0. The summed E-state index contributed by atoms with van der Waals surface area (Å²) < 4.78 is 27.6. The molecule has 3 aromatic carbocycles. The molecular weight excluding hydrogens is 422 g/mol. The molecule has 0 radical (unpaired) electrons. The second-order valence-electron chi connectivity index (χ2n) is 6.14. The van der Waals surface area contributed by atoms with Gasteiger partial charge in [0.05, 0.1) is 32.8 Å². The van der Waals surface area contributed by atoms with Gasteiger partial charge in [-0.25, -0.2) is 13.2 Å². The summed E-state index contributed by atoms with van der Waals surface area (Å²) in [4.78, 5) is 22.9. The number of carbonyl (C=O) groups is 1. The van der Waals surface area contributed by atoms with E-state index in [2.05, 4.69) is 15.4 Å². The number of nitriles is 1. The van der Waals surface area contributed by atoms with Crippen LogP contribution in [0.25, 0.3) is 0 Å². The molecule has 0 unspecified atom stereocenters. The van der Waals surface area contributed by atoms with Crippen LogP contribution >= 0.6 is 0 Å². The third kappa shape index (κ3) is 5.14. The minimum Gasteiger partial charge on any atom is -0.306 e. The number of rotatable bonds is 6. The summed E-state index contributed by atoms with van der Waals surface area (Å²) in [5.41, 5.74) is -0.180. The third-order valence-corrected chi connectivity index (χ3v) is 5.43. The van der Waals surface area contributed by atoms with Crippen LogP contribution in [0.5, 0.6) is 0 Å². The van der Waals surface area contributed by atoms with Gasteiger partial charge in [-0.15, -0.1) is 0 Å². The number of para-hydroxylation sites is 2. The number of sulfonamides is 1. The molecule has 2 amide bonds. The second-order valence-corrected chi connectivity index (χ2v) is 7.83. The van der Waals surface area contributed by atoms with Gasteiger partial charge >= 0.3 is 6.03 Å². The zero-order valence-electron chi connectivity index (χ0n) is 15.8. The Bertz CT molecular complexity index is 1290. The largest absolute Gasteiger partial charge is 0.323 e. The van der Waals surface area contributed by atoms with Crippen LogP contribution in [-0.2, 0) is 10.0 Å². The molecule has 10 nitrogen and oxygen atoms in total. The number of nitro groups is 1. The minimum absolute atomic E-state index is 0.00496. The lowest BCUT2D eigenvalue weighted by Crippen LogP contribution is -2.22. The summed E-state index contributed by atoms with van der Waals surface area (Å²) in [6.07, 6.45) is 0. The van der Waals surface area contributed by atoms with E-state index in [1.807, 2.05) is 6.07 Å². The maximum absolute atomic E-state index is 12.6. The highest BCUT2D eigenvalue weighted by Crippen LogP contribution is 2.27. The van der Waals surface area contributed by atoms with Crippen molar-refractivity contribution in [3.05, 3.63) is 88.5 Å². The van der Waals surface area contributed by atoms with Crippen molar-refractivity contribution in [1.82, 2.24) is 0 Å². The molecule has 0 heterocycles. The van der Waals surface area contributed by atoms with Crippen LogP contribution in [0.15, 0.2) is 77.7 Å². The number of amides is 2. The Hall–Kier alpha value is -4.43. The lowest BCUT2D eigenvalue weighted by Gasteiger charge is -2.14. The fourth-order valence-electron chi connectivity index (χ4n) is 2.62. The zero-order chi connectivity index (χ0) is 22.4. The number of nitro benzene ring substituents is 1. The number of carbonyl (C=O) groups excluding carboxylic acids is 1. The van der Waals surface area contributed by atoms with Gasteiger partial charge in [-0.3, -0.25) is 14.8 Å². The molecule has 11 heteroatoms. The highest BCUT2D eigenvalue weighted by Gasteiger charge is 2.19. The molecule has 31 heavy (non-hydrogen) atoms. The second kappa shape index (κ2) is 8.93. The minimum atomic E-state index is -3.96. The highest BCUT2D eigenvalue weighted by molar-refractivity contribution is 7.92. The van der Waals surface area contributed by atoms with Crippen LogP contribution in [0, 0.1) is 21.4 Å². The quantitative estimate of drug-likeness (QED) is 0.392. The Balaban J connectivity index is 1.88. The van der Waals surface area contributed by atoms with Gasteiger partial charge in [0.2, 0.25) is 0 Å². The topological polar surface area (TPSA) is 154 Å². The van der Waals surface area contributed by atoms with E-state index in [-0.39, 0.29) is 33.2 Å². The molecule has 0 aromatic heterocycles. The number of hydrogen-bond acceptors (Lipinski definition) is 6. The molecule has 0 aliphatic rings. The standard InChI is InChI=1S/C20H15N5O5S/c21-13-14-10-11-16(24-31(29,30)15-6-2-1-3-7-15)18(12-14)23-20(26)22-17-8-4-5-9-19(17)25(27)28/h1-12,24H,(H2,22,23,26). The molecule has 156 valence electrons. The monoisotopic (exact) mass is 437 g/mol. The normalized spacial score (nSPS) is 10.5. The van der Waals surface area contributed by atoms with Gasteiger partial charge in [0.15, 0.2) is 0 Å². The van der Waals surface area contributed by atoms with Gasteiger partial charge in [0.25, 0.3) is 15.7 Å². The number of hydrogen-bond donors (Lipinski definition) is 3. The number of urea groups is 1. The Kier molecular flexibility index (Phi) is 6.13. The number of benzene rings is 3. The van der Waals surface area contributed by atoms with Gasteiger partial charge in [-0.1, -0.05) is 30.3 Å². The first-order chi connectivity index (χ1) is 14.8. The molecule has 0 saturated heterocycles. The van der Waals surface area contributed by atoms with Crippen LogP contribution < -0.4 is 15.4 Å². The molecule has 0 spiro atoms. The molecular formula is C20H15N5O5S. The fraction of sp³-hybridized carbons (Fsp3) is 0. The smallest absolute Gasteiger partial charge is 0.306 e. The molecule has 0 bridgehead atoms. The molecule has 0 saturated carbocycles. The fourth-order valence-corrected chi connectivity index (χ4v) is 3.72. The van der Waals surface area contributed by atoms with Gasteiger partial charge in [0, 0.05) is 6.07 Å². The summed E-state index contributed by atoms with van der Waals surface area (Å²) in [6.45, 7) is 0. The van der Waals surface area contributed by atoms with Crippen molar-refractivity contribution in [3.8, 4) is 6.07 Å². The van der Waals surface area contributed by atoms with Crippen molar-refractivity contribution in [2.45, 2.75) is 4.90 Å². The molecule has 3 N–H and O–H groups in total. The van der Waals surface area contributed by atoms with E-state index in [0.717, 1.165) is 0 Å². The van der Waals surface area contributed by atoms with Crippen LogP contribution in [-0.4, -0.2) is 19.4 Å². The number of anilines is 3. The van der Waals surface area contributed by atoms with Crippen molar-refractivity contribution in [2.24, 2.45) is 0 Å². The highest BCUT2D eigenvalue weighted by atomic mass is 32.2.